The molecule has 0 saturated carbocycles. The van der Waals surface area contributed by atoms with E-state index in [0.717, 1.165) is 31.9 Å². The summed E-state index contributed by atoms with van der Waals surface area (Å²) in [6.07, 6.45) is 18.9. The van der Waals surface area contributed by atoms with Gasteiger partial charge in [-0.15, -0.1) is 25.7 Å². The zero-order valence-corrected chi connectivity index (χ0v) is 24.3. The van der Waals surface area contributed by atoms with Crippen molar-refractivity contribution in [1.29, 1.82) is 0 Å². The first-order chi connectivity index (χ1) is 18.4. The SMILES string of the molecule is C#C.C#C.CCC(C)CCCC(=O)N1CCN(CC(O)c2ccccc2)C(=O)C(C)CC1OC.CN.CO. The number of amides is 2. The molecular weight excluding hydrogens is 482 g/mol. The van der Waals surface area contributed by atoms with Crippen molar-refractivity contribution < 1.29 is 24.5 Å². The first-order valence-corrected chi connectivity index (χ1v) is 12.9. The minimum absolute atomic E-state index is 0.00380. The van der Waals surface area contributed by atoms with Crippen LogP contribution < -0.4 is 5.73 Å². The van der Waals surface area contributed by atoms with Crippen molar-refractivity contribution in [2.45, 2.75) is 65.2 Å². The third-order valence-electron chi connectivity index (χ3n) is 6.20. The van der Waals surface area contributed by atoms with Crippen LogP contribution in [0.1, 0.15) is 64.5 Å². The summed E-state index contributed by atoms with van der Waals surface area (Å²) in [5.41, 5.74) is 5.28. The lowest BCUT2D eigenvalue weighted by atomic mass is 10.00. The zero-order chi connectivity index (χ0) is 30.1. The van der Waals surface area contributed by atoms with E-state index in [4.69, 9.17) is 9.84 Å². The van der Waals surface area contributed by atoms with Gasteiger partial charge in [-0.1, -0.05) is 63.9 Å². The molecule has 1 aromatic carbocycles. The second kappa shape index (κ2) is 25.8. The number of aliphatic hydroxyl groups is 2. The summed E-state index contributed by atoms with van der Waals surface area (Å²) >= 11 is 0. The van der Waals surface area contributed by atoms with Crippen LogP contribution in [0.2, 0.25) is 0 Å². The number of hydrogen-bond donors (Lipinski definition) is 3. The predicted octanol–water partition coefficient (Wildman–Crippen LogP) is 3.29. The van der Waals surface area contributed by atoms with Crippen LogP contribution in [0.4, 0.5) is 0 Å². The fraction of sp³-hybridized carbons (Fsp3) is 0.600. The molecule has 2 rings (SSSR count). The molecule has 4 atom stereocenters. The van der Waals surface area contributed by atoms with Gasteiger partial charge in [0.15, 0.2) is 0 Å². The molecular formula is C30H51N3O5. The van der Waals surface area contributed by atoms with Crippen molar-refractivity contribution in [3.05, 3.63) is 35.9 Å². The van der Waals surface area contributed by atoms with Gasteiger partial charge < -0.3 is 30.5 Å². The number of aliphatic hydroxyl groups excluding tert-OH is 2. The van der Waals surface area contributed by atoms with E-state index in [9.17, 15) is 14.7 Å². The van der Waals surface area contributed by atoms with Crippen LogP contribution in [0, 0.1) is 37.5 Å². The van der Waals surface area contributed by atoms with Gasteiger partial charge in [0.1, 0.15) is 6.23 Å². The van der Waals surface area contributed by atoms with Crippen molar-refractivity contribution in [3.8, 4) is 25.7 Å². The van der Waals surface area contributed by atoms with E-state index in [1.54, 1.807) is 16.9 Å². The Kier molecular flexibility index (Phi) is 26.9. The molecule has 1 aliphatic rings. The summed E-state index contributed by atoms with van der Waals surface area (Å²) in [5.74, 6) is 0.413. The van der Waals surface area contributed by atoms with Gasteiger partial charge in [0.05, 0.1) is 12.6 Å². The van der Waals surface area contributed by atoms with Crippen molar-refractivity contribution in [1.82, 2.24) is 9.80 Å². The molecule has 0 aliphatic carbocycles. The minimum Gasteiger partial charge on any atom is -0.400 e. The first-order valence-electron chi connectivity index (χ1n) is 12.9. The highest BCUT2D eigenvalue weighted by molar-refractivity contribution is 5.80. The molecule has 1 heterocycles. The quantitative estimate of drug-likeness (QED) is 0.420. The maximum absolute atomic E-state index is 12.9. The molecule has 0 bridgehead atoms. The molecule has 0 spiro atoms. The van der Waals surface area contributed by atoms with Crippen LogP contribution in [0.25, 0.3) is 0 Å². The van der Waals surface area contributed by atoms with Crippen LogP contribution in [0.5, 0.6) is 0 Å². The first kappa shape index (κ1) is 39.6. The lowest BCUT2D eigenvalue weighted by molar-refractivity contribution is -0.155. The smallest absolute Gasteiger partial charge is 0.225 e. The van der Waals surface area contributed by atoms with E-state index < -0.39 is 6.10 Å². The van der Waals surface area contributed by atoms with Gasteiger partial charge in [-0.05, 0) is 24.9 Å². The van der Waals surface area contributed by atoms with Gasteiger partial charge >= 0.3 is 0 Å². The van der Waals surface area contributed by atoms with Crippen molar-refractivity contribution in [2.75, 3.05) is 40.9 Å². The fourth-order valence-corrected chi connectivity index (χ4v) is 3.95. The third kappa shape index (κ3) is 14.8. The summed E-state index contributed by atoms with van der Waals surface area (Å²) in [4.78, 5) is 29.3. The van der Waals surface area contributed by atoms with Gasteiger partial charge in [-0.2, -0.15) is 0 Å². The Hall–Kier alpha value is -2.88. The number of terminal acetylenes is 2. The minimum atomic E-state index is -0.750. The summed E-state index contributed by atoms with van der Waals surface area (Å²) in [5, 5.41) is 17.6. The van der Waals surface area contributed by atoms with E-state index in [2.05, 4.69) is 45.3 Å². The molecule has 2 amide bonds. The predicted molar refractivity (Wildman–Crippen MR) is 156 cm³/mol. The average Bonchev–Trinajstić information content (AvgIpc) is 2.99. The molecule has 4 unspecified atom stereocenters. The Morgan fingerprint density at radius 3 is 2.18 bits per heavy atom. The van der Waals surface area contributed by atoms with Gasteiger partial charge in [-0.3, -0.25) is 9.59 Å². The second-order valence-corrected chi connectivity index (χ2v) is 8.53. The van der Waals surface area contributed by atoms with Gasteiger partial charge in [0, 0.05) is 46.1 Å². The second-order valence-electron chi connectivity index (χ2n) is 8.53. The molecule has 0 aromatic heterocycles. The highest BCUT2D eigenvalue weighted by atomic mass is 16.5. The van der Waals surface area contributed by atoms with E-state index in [1.807, 2.05) is 37.3 Å². The molecule has 38 heavy (non-hydrogen) atoms. The van der Waals surface area contributed by atoms with Crippen LogP contribution in [-0.4, -0.2) is 79.0 Å². The number of β-amino-alcohol motifs (C(OH)–C–C–N with tert-alkyl or cyclic N) is 1. The number of nitrogens with zero attached hydrogens (tertiary/aromatic N) is 2. The van der Waals surface area contributed by atoms with E-state index in [-0.39, 0.29) is 30.5 Å². The summed E-state index contributed by atoms with van der Waals surface area (Å²) in [7, 11) is 4.10. The van der Waals surface area contributed by atoms with Crippen molar-refractivity contribution >= 4 is 11.8 Å². The largest absolute Gasteiger partial charge is 0.400 e. The van der Waals surface area contributed by atoms with Gasteiger partial charge in [0.25, 0.3) is 0 Å². The molecule has 1 aromatic rings. The number of nitrogens with two attached hydrogens (primary N) is 1. The molecule has 4 N–H and O–H groups in total. The number of rotatable bonds is 9. The average molecular weight is 534 g/mol. The topological polar surface area (TPSA) is 116 Å². The lowest BCUT2D eigenvalue weighted by Crippen LogP contribution is -2.52. The number of ether oxygens (including phenoxy) is 1. The Bertz CT molecular complexity index is 748. The maximum Gasteiger partial charge on any atom is 0.225 e. The molecule has 0 radical (unpaired) electrons. The number of benzene rings is 1. The zero-order valence-electron chi connectivity index (χ0n) is 24.3. The van der Waals surface area contributed by atoms with Crippen LogP contribution in [0.15, 0.2) is 30.3 Å². The van der Waals surface area contributed by atoms with Gasteiger partial charge in [-0.25, -0.2) is 0 Å². The van der Waals surface area contributed by atoms with Crippen LogP contribution in [0.3, 0.4) is 0 Å². The highest BCUT2D eigenvalue weighted by Crippen LogP contribution is 2.23. The maximum atomic E-state index is 12.9. The molecule has 8 nitrogen and oxygen atoms in total. The Balaban J connectivity index is -0.00000140. The van der Waals surface area contributed by atoms with Crippen molar-refractivity contribution in [3.63, 3.8) is 0 Å². The van der Waals surface area contributed by atoms with Crippen LogP contribution in [-0.2, 0) is 14.3 Å². The number of hydrogen-bond acceptors (Lipinski definition) is 6. The summed E-state index contributed by atoms with van der Waals surface area (Å²) < 4.78 is 5.60. The van der Waals surface area contributed by atoms with E-state index >= 15 is 0 Å². The standard InChI is InChI=1S/C24H38N2O4.2C2H2.CH5N.CH4O/c1-5-18(2)10-9-13-22(28)26-15-14-25(24(29)19(3)16-23(26)30-4)17-21(27)20-11-7-6-8-12-20;4*1-2/h6-8,11-12,18-19,21,23,27H,5,9-10,13-17H2,1-4H3;2*1-2H;2H2,1H3;2H,1H3. The highest BCUT2D eigenvalue weighted by Gasteiger charge is 2.33. The van der Waals surface area contributed by atoms with E-state index in [0.29, 0.717) is 31.8 Å². The summed E-state index contributed by atoms with van der Waals surface area (Å²) in [6.45, 7) is 7.28. The Morgan fingerprint density at radius 1 is 1.13 bits per heavy atom. The number of methoxy groups -OCH3 is 1. The molecule has 216 valence electrons. The monoisotopic (exact) mass is 533 g/mol. The fourth-order valence-electron chi connectivity index (χ4n) is 3.95. The molecule has 1 fully saturated rings. The molecule has 1 saturated heterocycles. The number of carbonyl (C=O) groups excluding carboxylic acids is 2. The third-order valence-corrected chi connectivity index (χ3v) is 6.20. The normalized spacial score (nSPS) is 18.1. The molecule has 1 aliphatic heterocycles. The Labute approximate surface area is 231 Å². The summed E-state index contributed by atoms with van der Waals surface area (Å²) in [6, 6.07) is 9.36. The van der Waals surface area contributed by atoms with Gasteiger partial charge in [0.2, 0.25) is 11.8 Å². The van der Waals surface area contributed by atoms with E-state index in [1.165, 1.54) is 7.05 Å². The number of carbonyl (C=O) groups is 2. The molecule has 8 heteroatoms. The lowest BCUT2D eigenvalue weighted by Gasteiger charge is -2.38. The Morgan fingerprint density at radius 2 is 1.68 bits per heavy atom. The van der Waals surface area contributed by atoms with Crippen LogP contribution >= 0.6 is 0 Å². The van der Waals surface area contributed by atoms with Crippen molar-refractivity contribution in [2.24, 2.45) is 17.6 Å².